The zero-order valence-corrected chi connectivity index (χ0v) is 23.3. The van der Waals surface area contributed by atoms with E-state index >= 15 is 0 Å². The van der Waals surface area contributed by atoms with Crippen LogP contribution >= 0.6 is 0 Å². The van der Waals surface area contributed by atoms with E-state index in [1.54, 1.807) is 6.33 Å². The van der Waals surface area contributed by atoms with Crippen LogP contribution < -0.4 is 0 Å². The number of fused-ring (bicyclic) bond motifs is 3. The second kappa shape index (κ2) is 8.95. The maximum atomic E-state index is 11.6. The molecule has 1 saturated heterocycles. The molecule has 0 bridgehead atoms. The van der Waals surface area contributed by atoms with Gasteiger partial charge in [0.05, 0.1) is 11.4 Å². The standard InChI is InChI=1S/C29H37N5O2S/c1-17(2)27-24-12-20(21-10-22-13-33(14-23(22)11-21)8-9-37(5,35)36)6-7-26(24)32-28(27)25-15-34-29(30-16-31-34)19(4)18(25)3/h6-7,12,15-17,21-23,32H,8-11,13-14H2,1-5H3. The number of H-pyrrole nitrogens is 1. The monoisotopic (exact) mass is 519 g/mol. The second-order valence-electron chi connectivity index (χ2n) is 11.8. The summed E-state index contributed by atoms with van der Waals surface area (Å²) >= 11 is 0. The average molecular weight is 520 g/mol. The highest BCUT2D eigenvalue weighted by molar-refractivity contribution is 7.90. The van der Waals surface area contributed by atoms with Crippen molar-refractivity contribution < 1.29 is 8.42 Å². The van der Waals surface area contributed by atoms with Crippen molar-refractivity contribution in [3.05, 3.63) is 53.0 Å². The molecule has 2 unspecified atom stereocenters. The maximum Gasteiger partial charge on any atom is 0.158 e. The molecule has 1 saturated carbocycles. The molecule has 0 spiro atoms. The molecular weight excluding hydrogens is 482 g/mol. The lowest BCUT2D eigenvalue weighted by Gasteiger charge is -2.19. The first kappa shape index (κ1) is 24.6. The third-order valence-electron chi connectivity index (χ3n) is 8.91. The van der Waals surface area contributed by atoms with Crippen molar-refractivity contribution in [3.8, 4) is 11.3 Å². The fourth-order valence-corrected chi connectivity index (χ4v) is 7.49. The number of sulfone groups is 1. The average Bonchev–Trinajstić information content (AvgIpc) is 3.60. The molecule has 1 aliphatic carbocycles. The Bertz CT molecular complexity index is 1590. The largest absolute Gasteiger partial charge is 0.354 e. The molecule has 3 aromatic heterocycles. The van der Waals surface area contributed by atoms with Crippen molar-refractivity contribution in [2.45, 2.75) is 52.4 Å². The normalized spacial score (nSPS) is 22.6. The topological polar surface area (TPSA) is 83.4 Å². The van der Waals surface area contributed by atoms with Gasteiger partial charge in [0.2, 0.25) is 0 Å². The van der Waals surface area contributed by atoms with E-state index in [-0.39, 0.29) is 5.75 Å². The number of hydrogen-bond donors (Lipinski definition) is 1. The highest BCUT2D eigenvalue weighted by atomic mass is 32.2. The van der Waals surface area contributed by atoms with Crippen LogP contribution in [-0.4, -0.2) is 64.5 Å². The highest BCUT2D eigenvalue weighted by Gasteiger charge is 2.41. The van der Waals surface area contributed by atoms with Gasteiger partial charge >= 0.3 is 0 Å². The lowest BCUT2D eigenvalue weighted by Crippen LogP contribution is -2.28. The molecule has 7 nitrogen and oxygen atoms in total. The number of aryl methyl sites for hydroxylation is 1. The van der Waals surface area contributed by atoms with E-state index in [9.17, 15) is 8.42 Å². The molecule has 2 fully saturated rings. The molecule has 0 amide bonds. The Morgan fingerprint density at radius 3 is 2.51 bits per heavy atom. The van der Waals surface area contributed by atoms with Gasteiger partial charge in [-0.05, 0) is 84.7 Å². The first-order valence-corrected chi connectivity index (χ1v) is 15.5. The Morgan fingerprint density at radius 2 is 1.84 bits per heavy atom. The minimum atomic E-state index is -2.90. The van der Waals surface area contributed by atoms with Gasteiger partial charge in [0.1, 0.15) is 16.2 Å². The van der Waals surface area contributed by atoms with Gasteiger partial charge in [-0.25, -0.2) is 17.9 Å². The Balaban J connectivity index is 1.30. The Morgan fingerprint density at radius 1 is 1.11 bits per heavy atom. The summed E-state index contributed by atoms with van der Waals surface area (Å²) in [7, 11) is -2.90. The van der Waals surface area contributed by atoms with Crippen molar-refractivity contribution in [3.63, 3.8) is 0 Å². The van der Waals surface area contributed by atoms with Crippen molar-refractivity contribution in [1.29, 1.82) is 0 Å². The Labute approximate surface area is 219 Å². The molecule has 1 N–H and O–H groups in total. The van der Waals surface area contributed by atoms with Crippen molar-refractivity contribution >= 4 is 26.4 Å². The fraction of sp³-hybridized carbons (Fsp3) is 0.517. The molecular formula is C29H37N5O2S. The molecule has 1 aliphatic heterocycles. The van der Waals surface area contributed by atoms with Crippen molar-refractivity contribution in [2.24, 2.45) is 11.8 Å². The molecule has 0 radical (unpaired) electrons. The molecule has 2 atom stereocenters. The number of benzene rings is 1. The smallest absolute Gasteiger partial charge is 0.158 e. The van der Waals surface area contributed by atoms with E-state index in [4.69, 9.17) is 0 Å². The van der Waals surface area contributed by atoms with Crippen molar-refractivity contribution in [2.75, 3.05) is 31.6 Å². The van der Waals surface area contributed by atoms with E-state index in [2.05, 4.69) is 72.1 Å². The van der Waals surface area contributed by atoms with Crippen LogP contribution in [0.4, 0.5) is 0 Å². The van der Waals surface area contributed by atoms with Gasteiger partial charge in [0.25, 0.3) is 0 Å². The first-order chi connectivity index (χ1) is 17.6. The highest BCUT2D eigenvalue weighted by Crippen LogP contribution is 2.47. The predicted octanol–water partition coefficient (Wildman–Crippen LogP) is 5.09. The van der Waals surface area contributed by atoms with E-state index in [1.807, 2.05) is 4.52 Å². The number of aromatic nitrogens is 4. The fourth-order valence-electron chi connectivity index (χ4n) is 6.90. The summed E-state index contributed by atoms with van der Waals surface area (Å²) in [5.74, 6) is 2.56. The number of likely N-dealkylation sites (tertiary alicyclic amines) is 1. The summed E-state index contributed by atoms with van der Waals surface area (Å²) in [4.78, 5) is 10.6. The van der Waals surface area contributed by atoms with Crippen LogP contribution in [0.25, 0.3) is 27.8 Å². The summed E-state index contributed by atoms with van der Waals surface area (Å²) < 4.78 is 25.1. The molecule has 4 heterocycles. The molecule has 2 aliphatic rings. The molecule has 8 heteroatoms. The molecule has 196 valence electrons. The van der Waals surface area contributed by atoms with Crippen LogP contribution in [-0.2, 0) is 9.84 Å². The molecule has 37 heavy (non-hydrogen) atoms. The first-order valence-electron chi connectivity index (χ1n) is 13.4. The van der Waals surface area contributed by atoms with Crippen LogP contribution in [0.2, 0.25) is 0 Å². The number of aromatic amines is 1. The third-order valence-corrected chi connectivity index (χ3v) is 9.84. The lowest BCUT2D eigenvalue weighted by molar-refractivity contribution is 0.324. The van der Waals surface area contributed by atoms with Gasteiger partial charge < -0.3 is 9.88 Å². The zero-order valence-electron chi connectivity index (χ0n) is 22.5. The minimum absolute atomic E-state index is 0.267. The van der Waals surface area contributed by atoms with E-state index in [0.29, 0.717) is 30.2 Å². The minimum Gasteiger partial charge on any atom is -0.354 e. The second-order valence-corrected chi connectivity index (χ2v) is 14.0. The predicted molar refractivity (Wildman–Crippen MR) is 149 cm³/mol. The number of nitrogens with one attached hydrogen (secondary N) is 1. The SMILES string of the molecule is Cc1c(-c2[nH]c3ccc(C4CC5CN(CCS(C)(=O)=O)CC5C4)cc3c2C(C)C)cn2ncnc2c1C. The van der Waals surface area contributed by atoms with Gasteiger partial charge in [-0.2, -0.15) is 5.10 Å². The zero-order chi connectivity index (χ0) is 26.1. The van der Waals surface area contributed by atoms with Gasteiger partial charge in [-0.3, -0.25) is 0 Å². The molecule has 6 rings (SSSR count). The maximum absolute atomic E-state index is 11.6. The van der Waals surface area contributed by atoms with Crippen molar-refractivity contribution in [1.82, 2.24) is 24.5 Å². The lowest BCUT2D eigenvalue weighted by atomic mass is 9.90. The van der Waals surface area contributed by atoms with E-state index in [0.717, 1.165) is 24.3 Å². The summed E-state index contributed by atoms with van der Waals surface area (Å²) in [6, 6.07) is 7.02. The van der Waals surface area contributed by atoms with E-state index < -0.39 is 9.84 Å². The van der Waals surface area contributed by atoms with Crippen LogP contribution in [0.1, 0.15) is 60.8 Å². The Kier molecular flexibility index (Phi) is 5.95. The van der Waals surface area contributed by atoms with Crippen LogP contribution in [0.15, 0.2) is 30.7 Å². The van der Waals surface area contributed by atoms with Crippen LogP contribution in [0.5, 0.6) is 0 Å². The van der Waals surface area contributed by atoms with Gasteiger partial charge in [-0.1, -0.05) is 19.9 Å². The van der Waals surface area contributed by atoms with Gasteiger partial charge in [-0.15, -0.1) is 0 Å². The molecule has 4 aromatic rings. The number of nitrogens with zero attached hydrogens (tertiary/aromatic N) is 4. The number of rotatable bonds is 6. The Hall–Kier alpha value is -2.71. The van der Waals surface area contributed by atoms with Gasteiger partial charge in [0, 0.05) is 48.6 Å². The summed E-state index contributed by atoms with van der Waals surface area (Å²) in [5.41, 5.74) is 9.66. The summed E-state index contributed by atoms with van der Waals surface area (Å²) in [6.45, 7) is 11.6. The summed E-state index contributed by atoms with van der Waals surface area (Å²) in [5, 5.41) is 5.74. The van der Waals surface area contributed by atoms with Crippen LogP contribution in [0, 0.1) is 25.7 Å². The quantitative estimate of drug-likeness (QED) is 0.384. The van der Waals surface area contributed by atoms with Gasteiger partial charge in [0.15, 0.2) is 5.65 Å². The number of pyridine rings is 1. The van der Waals surface area contributed by atoms with Crippen LogP contribution in [0.3, 0.4) is 0 Å². The summed E-state index contributed by atoms with van der Waals surface area (Å²) in [6.07, 6.45) is 7.45. The van der Waals surface area contributed by atoms with E-state index in [1.165, 1.54) is 57.9 Å². The third kappa shape index (κ3) is 4.38. The molecule has 1 aromatic carbocycles. The number of hydrogen-bond acceptors (Lipinski definition) is 5.